The number of hydrogen-bond acceptors (Lipinski definition) is 2. The molecule has 0 saturated heterocycles. The first kappa shape index (κ1) is 16.1. The van der Waals surface area contributed by atoms with Gasteiger partial charge in [-0.15, -0.1) is 0 Å². The zero-order valence-electron chi connectivity index (χ0n) is 11.7. The molecule has 0 saturated carbocycles. The molecular formula is C15H20FNO3. The Bertz CT molecular complexity index is 459. The summed E-state index contributed by atoms with van der Waals surface area (Å²) in [6, 6.07) is 4.86. The van der Waals surface area contributed by atoms with Crippen LogP contribution in [0.3, 0.4) is 0 Å². The average Bonchev–Trinajstić information content (AvgIpc) is 2.38. The van der Waals surface area contributed by atoms with Crippen LogP contribution >= 0.6 is 0 Å². The van der Waals surface area contributed by atoms with E-state index in [0.717, 1.165) is 6.42 Å². The summed E-state index contributed by atoms with van der Waals surface area (Å²) in [7, 11) is 0. The van der Waals surface area contributed by atoms with Crippen LogP contribution in [0, 0.1) is 11.7 Å². The first-order chi connectivity index (χ1) is 9.42. The topological polar surface area (TPSA) is 66.4 Å². The monoisotopic (exact) mass is 281 g/mol. The van der Waals surface area contributed by atoms with Crippen molar-refractivity contribution in [2.75, 3.05) is 0 Å². The van der Waals surface area contributed by atoms with Gasteiger partial charge in [-0.3, -0.25) is 9.59 Å². The number of amides is 1. The van der Waals surface area contributed by atoms with Crippen molar-refractivity contribution in [2.24, 2.45) is 5.92 Å². The third-order valence-corrected chi connectivity index (χ3v) is 3.22. The van der Waals surface area contributed by atoms with Gasteiger partial charge in [-0.1, -0.05) is 32.4 Å². The van der Waals surface area contributed by atoms with Gasteiger partial charge in [0.1, 0.15) is 5.82 Å². The highest BCUT2D eigenvalue weighted by Gasteiger charge is 2.19. The minimum atomic E-state index is -1.01. The molecule has 0 radical (unpaired) electrons. The van der Waals surface area contributed by atoms with Gasteiger partial charge in [0.05, 0.1) is 12.5 Å². The van der Waals surface area contributed by atoms with Crippen molar-refractivity contribution < 1.29 is 19.1 Å². The number of carboxylic acids is 1. The highest BCUT2D eigenvalue weighted by atomic mass is 19.1. The highest BCUT2D eigenvalue weighted by molar-refractivity contribution is 5.78. The predicted molar refractivity (Wildman–Crippen MR) is 73.6 cm³/mol. The van der Waals surface area contributed by atoms with E-state index < -0.39 is 17.8 Å². The van der Waals surface area contributed by atoms with Crippen LogP contribution in [0.15, 0.2) is 24.3 Å². The first-order valence-electron chi connectivity index (χ1n) is 6.69. The number of hydrogen-bond donors (Lipinski definition) is 2. The molecule has 2 unspecified atom stereocenters. The molecule has 0 spiro atoms. The SMILES string of the molecule is CCC(C)CC(=O)NC(CC(=O)O)c1ccc(F)cc1. The second-order valence-corrected chi connectivity index (χ2v) is 4.99. The summed E-state index contributed by atoms with van der Waals surface area (Å²) in [4.78, 5) is 22.8. The average molecular weight is 281 g/mol. The molecule has 0 aliphatic heterocycles. The molecule has 0 aliphatic rings. The molecule has 1 rings (SSSR count). The van der Waals surface area contributed by atoms with Crippen LogP contribution in [-0.2, 0) is 9.59 Å². The van der Waals surface area contributed by atoms with E-state index in [1.165, 1.54) is 24.3 Å². The quantitative estimate of drug-likeness (QED) is 0.807. The van der Waals surface area contributed by atoms with E-state index in [-0.39, 0.29) is 18.2 Å². The van der Waals surface area contributed by atoms with Crippen LogP contribution in [0.25, 0.3) is 0 Å². The Kier molecular flexibility index (Phi) is 6.15. The predicted octanol–water partition coefficient (Wildman–Crippen LogP) is 2.89. The van der Waals surface area contributed by atoms with Crippen molar-refractivity contribution in [2.45, 2.75) is 39.2 Å². The van der Waals surface area contributed by atoms with E-state index >= 15 is 0 Å². The summed E-state index contributed by atoms with van der Waals surface area (Å²) in [6.07, 6.45) is 1.01. The zero-order valence-corrected chi connectivity index (χ0v) is 11.7. The Morgan fingerprint density at radius 1 is 1.25 bits per heavy atom. The van der Waals surface area contributed by atoms with Gasteiger partial charge in [0.15, 0.2) is 0 Å². The van der Waals surface area contributed by atoms with Crippen molar-refractivity contribution >= 4 is 11.9 Å². The van der Waals surface area contributed by atoms with Gasteiger partial charge in [-0.05, 0) is 23.6 Å². The van der Waals surface area contributed by atoms with Gasteiger partial charge >= 0.3 is 5.97 Å². The molecule has 2 atom stereocenters. The zero-order chi connectivity index (χ0) is 15.1. The lowest BCUT2D eigenvalue weighted by Gasteiger charge is -2.18. The van der Waals surface area contributed by atoms with Crippen molar-refractivity contribution in [3.63, 3.8) is 0 Å². The minimum Gasteiger partial charge on any atom is -0.481 e. The van der Waals surface area contributed by atoms with Gasteiger partial charge in [0.25, 0.3) is 0 Å². The number of benzene rings is 1. The maximum Gasteiger partial charge on any atom is 0.305 e. The van der Waals surface area contributed by atoms with Crippen molar-refractivity contribution in [1.82, 2.24) is 5.32 Å². The fourth-order valence-electron chi connectivity index (χ4n) is 1.84. The van der Waals surface area contributed by atoms with Crippen molar-refractivity contribution in [3.8, 4) is 0 Å². The largest absolute Gasteiger partial charge is 0.481 e. The van der Waals surface area contributed by atoms with Gasteiger partial charge in [-0.2, -0.15) is 0 Å². The van der Waals surface area contributed by atoms with E-state index in [9.17, 15) is 14.0 Å². The molecule has 0 fully saturated rings. The second kappa shape index (κ2) is 7.62. The Hall–Kier alpha value is -1.91. The molecule has 1 aromatic rings. The summed E-state index contributed by atoms with van der Waals surface area (Å²) in [6.45, 7) is 3.95. The maximum absolute atomic E-state index is 12.9. The lowest BCUT2D eigenvalue weighted by molar-refractivity contribution is -0.137. The lowest BCUT2D eigenvalue weighted by atomic mass is 10.0. The fraction of sp³-hybridized carbons (Fsp3) is 0.467. The fourth-order valence-corrected chi connectivity index (χ4v) is 1.84. The maximum atomic E-state index is 12.9. The molecule has 5 heteroatoms. The summed E-state index contributed by atoms with van der Waals surface area (Å²) >= 11 is 0. The Labute approximate surface area is 118 Å². The molecule has 4 nitrogen and oxygen atoms in total. The van der Waals surface area contributed by atoms with Gasteiger partial charge in [0.2, 0.25) is 5.91 Å². The minimum absolute atomic E-state index is 0.185. The van der Waals surface area contributed by atoms with E-state index in [0.29, 0.717) is 12.0 Å². The molecular weight excluding hydrogens is 261 g/mol. The van der Waals surface area contributed by atoms with Gasteiger partial charge in [0, 0.05) is 6.42 Å². The number of rotatable bonds is 7. The molecule has 20 heavy (non-hydrogen) atoms. The number of carboxylic acid groups (broad SMARTS) is 1. The molecule has 0 heterocycles. The van der Waals surface area contributed by atoms with Crippen LogP contribution in [0.2, 0.25) is 0 Å². The normalized spacial score (nSPS) is 13.6. The van der Waals surface area contributed by atoms with Crippen LogP contribution in [0.4, 0.5) is 4.39 Å². The van der Waals surface area contributed by atoms with E-state index in [1.54, 1.807) is 0 Å². The van der Waals surface area contributed by atoms with Crippen LogP contribution in [-0.4, -0.2) is 17.0 Å². The number of aliphatic carboxylic acids is 1. The summed E-state index contributed by atoms with van der Waals surface area (Å²) in [5, 5.41) is 11.6. The van der Waals surface area contributed by atoms with Gasteiger partial charge < -0.3 is 10.4 Å². The third-order valence-electron chi connectivity index (χ3n) is 3.22. The molecule has 0 bridgehead atoms. The van der Waals surface area contributed by atoms with E-state index in [1.807, 2.05) is 13.8 Å². The first-order valence-corrected chi connectivity index (χ1v) is 6.69. The number of halogens is 1. The summed E-state index contributed by atoms with van der Waals surface area (Å²) in [5.41, 5.74) is 0.589. The van der Waals surface area contributed by atoms with Crippen molar-refractivity contribution in [1.29, 1.82) is 0 Å². The third kappa shape index (κ3) is 5.38. The second-order valence-electron chi connectivity index (χ2n) is 4.99. The van der Waals surface area contributed by atoms with Crippen molar-refractivity contribution in [3.05, 3.63) is 35.6 Å². The number of carbonyl (C=O) groups is 2. The van der Waals surface area contributed by atoms with Crippen LogP contribution in [0.5, 0.6) is 0 Å². The molecule has 1 amide bonds. The Morgan fingerprint density at radius 3 is 2.35 bits per heavy atom. The molecule has 110 valence electrons. The van der Waals surface area contributed by atoms with E-state index in [4.69, 9.17) is 5.11 Å². The Balaban J connectivity index is 2.76. The standard InChI is InChI=1S/C15H20FNO3/c1-3-10(2)8-14(18)17-13(9-15(19)20)11-4-6-12(16)7-5-11/h4-7,10,13H,3,8-9H2,1-2H3,(H,17,18)(H,19,20). The smallest absolute Gasteiger partial charge is 0.305 e. The van der Waals surface area contributed by atoms with Crippen LogP contribution < -0.4 is 5.32 Å². The van der Waals surface area contributed by atoms with Gasteiger partial charge in [-0.25, -0.2) is 4.39 Å². The lowest BCUT2D eigenvalue weighted by Crippen LogP contribution is -2.31. The number of nitrogens with one attached hydrogen (secondary N) is 1. The molecule has 0 aliphatic carbocycles. The Morgan fingerprint density at radius 2 is 1.85 bits per heavy atom. The highest BCUT2D eigenvalue weighted by Crippen LogP contribution is 2.18. The molecule has 2 N–H and O–H groups in total. The summed E-state index contributed by atoms with van der Waals surface area (Å²) in [5.74, 6) is -1.35. The molecule has 0 aromatic heterocycles. The summed E-state index contributed by atoms with van der Waals surface area (Å²) < 4.78 is 12.9. The van der Waals surface area contributed by atoms with E-state index in [2.05, 4.69) is 5.32 Å². The van der Waals surface area contributed by atoms with Crippen LogP contribution in [0.1, 0.15) is 44.7 Å². The molecule has 1 aromatic carbocycles. The number of carbonyl (C=O) groups excluding carboxylic acids is 1.